The molecule has 0 unspecified atom stereocenters. The first-order chi connectivity index (χ1) is 13.6. The van der Waals surface area contributed by atoms with Crippen LogP contribution in [-0.2, 0) is 24.7 Å². The maximum Gasteiger partial charge on any atom is 0.227 e. The predicted molar refractivity (Wildman–Crippen MR) is 104 cm³/mol. The van der Waals surface area contributed by atoms with E-state index in [-0.39, 0.29) is 12.3 Å². The van der Waals surface area contributed by atoms with Crippen LogP contribution in [-0.4, -0.2) is 44.0 Å². The number of ether oxygens (including phenoxy) is 1. The van der Waals surface area contributed by atoms with Crippen molar-refractivity contribution < 1.29 is 14.1 Å². The van der Waals surface area contributed by atoms with Crippen molar-refractivity contribution in [1.82, 2.24) is 30.2 Å². The Morgan fingerprint density at radius 2 is 2.11 bits per heavy atom. The molecule has 2 heterocycles. The molecule has 148 valence electrons. The van der Waals surface area contributed by atoms with Crippen molar-refractivity contribution >= 4 is 18.1 Å². The van der Waals surface area contributed by atoms with E-state index in [9.17, 15) is 4.79 Å². The van der Waals surface area contributed by atoms with Gasteiger partial charge in [-0.2, -0.15) is 10.1 Å². The molecule has 3 rings (SSSR count). The Morgan fingerprint density at radius 3 is 2.79 bits per heavy atom. The first kappa shape index (κ1) is 19.7. The lowest BCUT2D eigenvalue weighted by molar-refractivity contribution is -0.121. The number of carbonyl (C=O) groups excluding carboxylic acids is 1. The van der Waals surface area contributed by atoms with Gasteiger partial charge in [-0.25, -0.2) is 0 Å². The summed E-state index contributed by atoms with van der Waals surface area (Å²) in [6.45, 7) is 3.03. The van der Waals surface area contributed by atoms with Crippen molar-refractivity contribution in [2.45, 2.75) is 26.2 Å². The average molecular weight is 402 g/mol. The molecular formula is C18H22N6O3S. The summed E-state index contributed by atoms with van der Waals surface area (Å²) >= 11 is 5.06. The molecule has 1 aromatic carbocycles. The number of aryl methyl sites for hydroxylation is 1. The van der Waals surface area contributed by atoms with E-state index in [0.29, 0.717) is 42.5 Å². The zero-order valence-electron chi connectivity index (χ0n) is 15.8. The smallest absolute Gasteiger partial charge is 0.227 e. The molecule has 2 N–H and O–H groups in total. The Labute approximate surface area is 167 Å². The van der Waals surface area contributed by atoms with Crippen LogP contribution < -0.4 is 10.1 Å². The van der Waals surface area contributed by atoms with Crippen molar-refractivity contribution in [2.75, 3.05) is 13.2 Å². The summed E-state index contributed by atoms with van der Waals surface area (Å²) in [6, 6.07) is 7.46. The maximum atomic E-state index is 12.0. The second-order valence-electron chi connectivity index (χ2n) is 6.07. The average Bonchev–Trinajstić information content (AvgIpc) is 3.29. The summed E-state index contributed by atoms with van der Waals surface area (Å²) < 4.78 is 13.0. The molecule has 0 aliphatic carbocycles. The number of hydrogen-bond donors (Lipinski definition) is 2. The largest absolute Gasteiger partial charge is 0.494 e. The number of aromatic amines is 1. The van der Waals surface area contributed by atoms with Gasteiger partial charge in [0.05, 0.1) is 6.61 Å². The minimum Gasteiger partial charge on any atom is -0.494 e. The number of amides is 1. The van der Waals surface area contributed by atoms with Gasteiger partial charge in [-0.1, -0.05) is 5.16 Å². The minimum atomic E-state index is -0.0856. The number of aromatic nitrogens is 5. The summed E-state index contributed by atoms with van der Waals surface area (Å²) in [5, 5.41) is 13.6. The molecule has 0 bridgehead atoms. The topological polar surface area (TPSA) is 111 Å². The predicted octanol–water partition coefficient (Wildman–Crippen LogP) is 2.22. The normalized spacial score (nSPS) is 10.8. The van der Waals surface area contributed by atoms with Crippen molar-refractivity contribution in [2.24, 2.45) is 7.05 Å². The van der Waals surface area contributed by atoms with E-state index in [4.69, 9.17) is 21.5 Å². The van der Waals surface area contributed by atoms with Crippen LogP contribution in [0.1, 0.15) is 25.1 Å². The Bertz CT molecular complexity index is 976. The molecule has 0 aliphatic heterocycles. The molecule has 0 spiro atoms. The number of hydrogen-bond acceptors (Lipinski definition) is 7. The van der Waals surface area contributed by atoms with Gasteiger partial charge in [0.1, 0.15) is 11.6 Å². The van der Waals surface area contributed by atoms with Gasteiger partial charge in [0.25, 0.3) is 0 Å². The van der Waals surface area contributed by atoms with Gasteiger partial charge in [0.2, 0.25) is 17.6 Å². The summed E-state index contributed by atoms with van der Waals surface area (Å²) in [5.41, 5.74) is 0.830. The van der Waals surface area contributed by atoms with Crippen molar-refractivity contribution in [1.29, 1.82) is 0 Å². The fraction of sp³-hybridized carbons (Fsp3) is 0.389. The lowest BCUT2D eigenvalue weighted by Crippen LogP contribution is -2.26. The van der Waals surface area contributed by atoms with Crippen LogP contribution in [0.15, 0.2) is 28.8 Å². The van der Waals surface area contributed by atoms with Gasteiger partial charge in [-0.3, -0.25) is 9.89 Å². The second-order valence-corrected chi connectivity index (χ2v) is 6.46. The molecule has 0 fully saturated rings. The molecule has 28 heavy (non-hydrogen) atoms. The highest BCUT2D eigenvalue weighted by Gasteiger charge is 2.11. The number of nitrogens with one attached hydrogen (secondary N) is 2. The van der Waals surface area contributed by atoms with Crippen LogP contribution >= 0.6 is 12.2 Å². The maximum absolute atomic E-state index is 12.0. The summed E-state index contributed by atoms with van der Waals surface area (Å²) in [6.07, 6.45) is 1.24. The Hall–Kier alpha value is -3.01. The molecule has 0 saturated heterocycles. The second kappa shape index (κ2) is 9.27. The SMILES string of the molecule is CCOc1ccc(-c2noc(CCC(=O)NCCc3n[nH]c(=S)n3C)n2)cc1. The van der Waals surface area contributed by atoms with Crippen LogP contribution in [0.3, 0.4) is 0 Å². The fourth-order valence-electron chi connectivity index (χ4n) is 2.57. The van der Waals surface area contributed by atoms with E-state index in [0.717, 1.165) is 17.1 Å². The van der Waals surface area contributed by atoms with Crippen LogP contribution in [0.5, 0.6) is 5.75 Å². The first-order valence-electron chi connectivity index (χ1n) is 8.99. The van der Waals surface area contributed by atoms with Crippen LogP contribution in [0.25, 0.3) is 11.4 Å². The fourth-order valence-corrected chi connectivity index (χ4v) is 2.72. The summed E-state index contributed by atoms with van der Waals surface area (Å²) in [7, 11) is 1.83. The van der Waals surface area contributed by atoms with Crippen molar-refractivity contribution in [3.63, 3.8) is 0 Å². The number of benzene rings is 1. The third kappa shape index (κ3) is 5.03. The van der Waals surface area contributed by atoms with Gasteiger partial charge < -0.3 is 19.1 Å². The molecule has 10 heteroatoms. The highest BCUT2D eigenvalue weighted by Crippen LogP contribution is 2.20. The molecule has 0 atom stereocenters. The van der Waals surface area contributed by atoms with Gasteiger partial charge >= 0.3 is 0 Å². The van der Waals surface area contributed by atoms with Gasteiger partial charge in [0.15, 0.2) is 4.77 Å². The molecular weight excluding hydrogens is 380 g/mol. The lowest BCUT2D eigenvalue weighted by atomic mass is 10.2. The standard InChI is InChI=1S/C18H22N6O3S/c1-3-26-13-6-4-12(5-7-13)17-20-16(27-23-17)9-8-15(25)19-11-10-14-21-22-18(28)24(14)2/h4-7H,3,8-11H2,1-2H3,(H,19,25)(H,22,28). The quantitative estimate of drug-likeness (QED) is 0.528. The van der Waals surface area contributed by atoms with E-state index >= 15 is 0 Å². The van der Waals surface area contributed by atoms with Gasteiger partial charge in [-0.05, 0) is 43.4 Å². The molecule has 0 aliphatic rings. The molecule has 0 saturated carbocycles. The monoisotopic (exact) mass is 402 g/mol. The number of carbonyl (C=O) groups is 1. The first-order valence-corrected chi connectivity index (χ1v) is 9.40. The van der Waals surface area contributed by atoms with E-state index in [1.165, 1.54) is 0 Å². The highest BCUT2D eigenvalue weighted by atomic mass is 32.1. The van der Waals surface area contributed by atoms with E-state index in [2.05, 4.69) is 25.7 Å². The molecule has 1 amide bonds. The number of nitrogens with zero attached hydrogens (tertiary/aromatic N) is 4. The van der Waals surface area contributed by atoms with E-state index < -0.39 is 0 Å². The van der Waals surface area contributed by atoms with Crippen LogP contribution in [0, 0.1) is 4.77 Å². The van der Waals surface area contributed by atoms with E-state index in [1.54, 1.807) is 4.57 Å². The zero-order valence-corrected chi connectivity index (χ0v) is 16.6. The molecule has 0 radical (unpaired) electrons. The Morgan fingerprint density at radius 1 is 1.32 bits per heavy atom. The third-order valence-electron chi connectivity index (χ3n) is 4.10. The zero-order chi connectivity index (χ0) is 19.9. The van der Waals surface area contributed by atoms with Crippen molar-refractivity contribution in [3.8, 4) is 17.1 Å². The van der Waals surface area contributed by atoms with Gasteiger partial charge in [0, 0.05) is 38.4 Å². The molecule has 9 nitrogen and oxygen atoms in total. The summed E-state index contributed by atoms with van der Waals surface area (Å²) in [4.78, 5) is 16.3. The number of rotatable bonds is 9. The van der Waals surface area contributed by atoms with Crippen LogP contribution in [0.4, 0.5) is 0 Å². The van der Waals surface area contributed by atoms with Crippen molar-refractivity contribution in [3.05, 3.63) is 40.8 Å². The van der Waals surface area contributed by atoms with E-state index in [1.807, 2.05) is 38.2 Å². The Kier molecular flexibility index (Phi) is 6.53. The van der Waals surface area contributed by atoms with Crippen LogP contribution in [0.2, 0.25) is 0 Å². The highest BCUT2D eigenvalue weighted by molar-refractivity contribution is 7.71. The minimum absolute atomic E-state index is 0.0856. The molecule has 3 aromatic rings. The third-order valence-corrected chi connectivity index (χ3v) is 4.47. The van der Waals surface area contributed by atoms with Gasteiger partial charge in [-0.15, -0.1) is 0 Å². The lowest BCUT2D eigenvalue weighted by Gasteiger charge is -2.03. The number of H-pyrrole nitrogens is 1. The Balaban J connectivity index is 1.45. The molecule has 2 aromatic heterocycles. The summed E-state index contributed by atoms with van der Waals surface area (Å²) in [5.74, 6) is 2.41.